The zero-order chi connectivity index (χ0) is 12.7. The molecule has 94 valence electrons. The normalized spacial score (nSPS) is 12.8. The lowest BCUT2D eigenvalue weighted by atomic mass is 10.1. The predicted molar refractivity (Wildman–Crippen MR) is 67.0 cm³/mol. The molecule has 0 saturated carbocycles. The number of alkyl halides is 3. The molecule has 0 bridgehead atoms. The molecule has 0 radical (unpaired) electrons. The minimum atomic E-state index is -4.21. The number of hydrogen-bond donors (Lipinski definition) is 0. The number of benzene rings is 1. The van der Waals surface area contributed by atoms with Crippen LogP contribution in [0.15, 0.2) is 41.3 Å². The predicted octanol–water partition coefficient (Wildman–Crippen LogP) is 4.82. The lowest BCUT2D eigenvalue weighted by Crippen LogP contribution is -2.09. The Hall–Kier alpha value is -0.900. The molecule has 0 N–H and O–H groups in total. The van der Waals surface area contributed by atoms with Gasteiger partial charge in [-0.1, -0.05) is 43.3 Å². The van der Waals surface area contributed by atoms with E-state index >= 15 is 0 Å². The Labute approximate surface area is 104 Å². The van der Waals surface area contributed by atoms with Gasteiger partial charge in [0.2, 0.25) is 0 Å². The van der Waals surface area contributed by atoms with Gasteiger partial charge in [-0.25, -0.2) is 0 Å². The Morgan fingerprint density at radius 3 is 2.41 bits per heavy atom. The standard InChI is InChI=1S/C13H15F3S/c1-2-17-12(13(14,15)16)10-6-9-11-7-4-3-5-8-11/h3-5,7-8,10H,2,6,9H2,1H3/b12-10+. The molecule has 0 saturated heterocycles. The lowest BCUT2D eigenvalue weighted by molar-refractivity contribution is -0.0838. The summed E-state index contributed by atoms with van der Waals surface area (Å²) in [5, 5.41) is 0. The van der Waals surface area contributed by atoms with Gasteiger partial charge in [0.15, 0.2) is 0 Å². The Kier molecular flexibility index (Phi) is 5.62. The van der Waals surface area contributed by atoms with Crippen molar-refractivity contribution in [2.45, 2.75) is 25.9 Å². The van der Waals surface area contributed by atoms with Gasteiger partial charge in [-0.05, 0) is 24.2 Å². The van der Waals surface area contributed by atoms with Crippen molar-refractivity contribution in [3.05, 3.63) is 46.9 Å². The van der Waals surface area contributed by atoms with Gasteiger partial charge in [0.25, 0.3) is 0 Å². The summed E-state index contributed by atoms with van der Waals surface area (Å²) in [6, 6.07) is 9.53. The van der Waals surface area contributed by atoms with E-state index in [0.29, 0.717) is 18.6 Å². The third-order valence-corrected chi connectivity index (χ3v) is 3.18. The molecule has 0 unspecified atom stereocenters. The average Bonchev–Trinajstić information content (AvgIpc) is 2.28. The van der Waals surface area contributed by atoms with E-state index in [0.717, 1.165) is 17.3 Å². The molecular weight excluding hydrogens is 245 g/mol. The summed E-state index contributed by atoms with van der Waals surface area (Å²) in [4.78, 5) is -0.476. The summed E-state index contributed by atoms with van der Waals surface area (Å²) >= 11 is 0.855. The lowest BCUT2D eigenvalue weighted by Gasteiger charge is -2.10. The quantitative estimate of drug-likeness (QED) is 0.731. The number of hydrogen-bond acceptors (Lipinski definition) is 1. The monoisotopic (exact) mass is 260 g/mol. The molecule has 1 rings (SSSR count). The van der Waals surface area contributed by atoms with E-state index in [2.05, 4.69) is 0 Å². The fraction of sp³-hybridized carbons (Fsp3) is 0.385. The topological polar surface area (TPSA) is 0 Å². The summed E-state index contributed by atoms with van der Waals surface area (Å²) in [5.74, 6) is 0.441. The number of thioether (sulfide) groups is 1. The molecule has 4 heteroatoms. The zero-order valence-corrected chi connectivity index (χ0v) is 10.4. The molecule has 0 aromatic heterocycles. The van der Waals surface area contributed by atoms with Crippen LogP contribution in [0.4, 0.5) is 13.2 Å². The van der Waals surface area contributed by atoms with Crippen LogP contribution in [0.1, 0.15) is 18.9 Å². The van der Waals surface area contributed by atoms with Crippen molar-refractivity contribution in [3.8, 4) is 0 Å². The molecule has 0 aliphatic heterocycles. The Balaban J connectivity index is 2.56. The second kappa shape index (κ2) is 6.74. The highest BCUT2D eigenvalue weighted by molar-refractivity contribution is 8.03. The average molecular weight is 260 g/mol. The first-order chi connectivity index (χ1) is 8.04. The molecule has 0 atom stereocenters. The number of halogens is 3. The fourth-order valence-electron chi connectivity index (χ4n) is 1.43. The largest absolute Gasteiger partial charge is 0.421 e. The van der Waals surface area contributed by atoms with Gasteiger partial charge < -0.3 is 0 Å². The number of aryl methyl sites for hydroxylation is 1. The van der Waals surface area contributed by atoms with Crippen molar-refractivity contribution in [2.24, 2.45) is 0 Å². The molecule has 17 heavy (non-hydrogen) atoms. The molecule has 0 nitrogen and oxygen atoms in total. The minimum absolute atomic E-state index is 0.422. The highest BCUT2D eigenvalue weighted by Crippen LogP contribution is 2.34. The summed E-state index contributed by atoms with van der Waals surface area (Å²) in [6.07, 6.45) is -1.85. The maximum absolute atomic E-state index is 12.5. The molecule has 1 aromatic carbocycles. The number of rotatable bonds is 5. The molecule has 0 spiro atoms. The van der Waals surface area contributed by atoms with Crippen LogP contribution >= 0.6 is 11.8 Å². The zero-order valence-electron chi connectivity index (χ0n) is 9.63. The molecule has 0 amide bonds. The second-order valence-corrected chi connectivity index (χ2v) is 4.83. The molecule has 0 heterocycles. The van der Waals surface area contributed by atoms with Gasteiger partial charge in [-0.2, -0.15) is 13.2 Å². The van der Waals surface area contributed by atoms with Crippen molar-refractivity contribution < 1.29 is 13.2 Å². The molecular formula is C13H15F3S. The van der Waals surface area contributed by atoms with Gasteiger partial charge in [0.05, 0.1) is 4.91 Å². The minimum Gasteiger partial charge on any atom is -0.166 e. The first-order valence-corrected chi connectivity index (χ1v) is 6.46. The van der Waals surface area contributed by atoms with Crippen LogP contribution in [0, 0.1) is 0 Å². The van der Waals surface area contributed by atoms with E-state index in [1.165, 1.54) is 6.08 Å². The van der Waals surface area contributed by atoms with Gasteiger partial charge in [0.1, 0.15) is 0 Å². The maximum atomic E-state index is 12.5. The highest BCUT2D eigenvalue weighted by atomic mass is 32.2. The van der Waals surface area contributed by atoms with Crippen molar-refractivity contribution >= 4 is 11.8 Å². The first kappa shape index (κ1) is 14.2. The van der Waals surface area contributed by atoms with Crippen LogP contribution in [0.25, 0.3) is 0 Å². The maximum Gasteiger partial charge on any atom is 0.421 e. The van der Waals surface area contributed by atoms with Crippen LogP contribution in [0.2, 0.25) is 0 Å². The fourth-order valence-corrected chi connectivity index (χ4v) is 2.14. The van der Waals surface area contributed by atoms with Gasteiger partial charge in [-0.15, -0.1) is 11.8 Å². The third-order valence-electron chi connectivity index (χ3n) is 2.18. The summed E-state index contributed by atoms with van der Waals surface area (Å²) < 4.78 is 37.6. The molecule has 1 aromatic rings. The van der Waals surface area contributed by atoms with Gasteiger partial charge in [-0.3, -0.25) is 0 Å². The van der Waals surface area contributed by atoms with Crippen LogP contribution in [0.5, 0.6) is 0 Å². The van der Waals surface area contributed by atoms with Crippen LogP contribution in [0.3, 0.4) is 0 Å². The van der Waals surface area contributed by atoms with Crippen molar-refractivity contribution in [1.82, 2.24) is 0 Å². The van der Waals surface area contributed by atoms with Crippen LogP contribution < -0.4 is 0 Å². The van der Waals surface area contributed by atoms with Crippen molar-refractivity contribution in [1.29, 1.82) is 0 Å². The van der Waals surface area contributed by atoms with E-state index < -0.39 is 11.1 Å². The van der Waals surface area contributed by atoms with Gasteiger partial charge >= 0.3 is 6.18 Å². The Morgan fingerprint density at radius 1 is 1.24 bits per heavy atom. The Morgan fingerprint density at radius 2 is 1.88 bits per heavy atom. The SMILES string of the molecule is CCS/C(=C/CCc1ccccc1)C(F)(F)F. The summed E-state index contributed by atoms with van der Waals surface area (Å²) in [6.45, 7) is 1.72. The summed E-state index contributed by atoms with van der Waals surface area (Å²) in [7, 11) is 0. The van der Waals surface area contributed by atoms with E-state index in [-0.39, 0.29) is 0 Å². The van der Waals surface area contributed by atoms with E-state index in [1.807, 2.05) is 30.3 Å². The third kappa shape index (κ3) is 5.31. The Bertz CT molecular complexity index is 355. The van der Waals surface area contributed by atoms with E-state index in [9.17, 15) is 13.2 Å². The molecule has 0 fully saturated rings. The second-order valence-electron chi connectivity index (χ2n) is 3.52. The molecule has 0 aliphatic rings. The molecule has 0 aliphatic carbocycles. The highest BCUT2D eigenvalue weighted by Gasteiger charge is 2.33. The summed E-state index contributed by atoms with van der Waals surface area (Å²) in [5.41, 5.74) is 1.06. The van der Waals surface area contributed by atoms with E-state index in [4.69, 9.17) is 0 Å². The van der Waals surface area contributed by atoms with Crippen molar-refractivity contribution in [2.75, 3.05) is 5.75 Å². The van der Waals surface area contributed by atoms with Crippen molar-refractivity contribution in [3.63, 3.8) is 0 Å². The smallest absolute Gasteiger partial charge is 0.166 e. The number of allylic oxidation sites excluding steroid dienone is 2. The van der Waals surface area contributed by atoms with Crippen LogP contribution in [-0.4, -0.2) is 11.9 Å². The van der Waals surface area contributed by atoms with Gasteiger partial charge in [0, 0.05) is 0 Å². The van der Waals surface area contributed by atoms with E-state index in [1.54, 1.807) is 6.92 Å². The first-order valence-electron chi connectivity index (χ1n) is 5.48. The van der Waals surface area contributed by atoms with Crippen LogP contribution in [-0.2, 0) is 6.42 Å².